The normalized spacial score (nSPS) is 10.9. The van der Waals surface area contributed by atoms with Crippen molar-refractivity contribution in [3.63, 3.8) is 0 Å². The first-order valence-corrected chi connectivity index (χ1v) is 6.35. The van der Waals surface area contributed by atoms with E-state index in [0.717, 1.165) is 38.5 Å². The number of unbranched alkanes of at least 4 members (excludes halogenated alkanes) is 2. The first kappa shape index (κ1) is 15.9. The Labute approximate surface area is 105 Å². The fraction of sp³-hybridized carbons (Fsp3) is 0.643. The molecule has 3 N–H and O–H groups in total. The van der Waals surface area contributed by atoms with Crippen LogP contribution in [-0.2, 0) is 9.53 Å². The van der Waals surface area contributed by atoms with E-state index in [9.17, 15) is 4.79 Å². The number of carbonyl (C=O) groups is 1. The van der Waals surface area contributed by atoms with Gasteiger partial charge in [0.2, 0.25) is 0 Å². The Kier molecular flexibility index (Phi) is 8.42. The molecule has 3 nitrogen and oxygen atoms in total. The van der Waals surface area contributed by atoms with Crippen LogP contribution in [-0.4, -0.2) is 18.1 Å². The molecule has 17 heavy (non-hydrogen) atoms. The van der Waals surface area contributed by atoms with Gasteiger partial charge < -0.3 is 10.5 Å². The van der Waals surface area contributed by atoms with Gasteiger partial charge in [-0.3, -0.25) is 0 Å². The Morgan fingerprint density at radius 3 is 2.06 bits per heavy atom. The number of carbonyl (C=O) groups excluding carboxylic acids is 1. The molecule has 0 radical (unpaired) electrons. The average molecular weight is 240 g/mol. The summed E-state index contributed by atoms with van der Waals surface area (Å²) in [5.74, 6) is -0.173. The minimum absolute atomic E-state index is 0.173. The van der Waals surface area contributed by atoms with Gasteiger partial charge in [-0.05, 0) is 32.6 Å². The Hall–Kier alpha value is -1.09. The molecule has 0 spiro atoms. The molecule has 0 unspecified atom stereocenters. The van der Waals surface area contributed by atoms with E-state index < -0.39 is 5.54 Å². The highest BCUT2D eigenvalue weighted by atomic mass is 16.5. The van der Waals surface area contributed by atoms with Crippen LogP contribution < -0.4 is 5.73 Å². The SMILES string of the molecule is C=CCCCC([NH3+])(CCCC=C)C(=O)OCC. The maximum Gasteiger partial charge on any atom is 0.367 e. The van der Waals surface area contributed by atoms with E-state index in [4.69, 9.17) is 4.74 Å². The Morgan fingerprint density at radius 1 is 1.24 bits per heavy atom. The van der Waals surface area contributed by atoms with Crippen LogP contribution in [0.1, 0.15) is 45.4 Å². The second-order valence-electron chi connectivity index (χ2n) is 4.36. The molecule has 0 saturated heterocycles. The van der Waals surface area contributed by atoms with Gasteiger partial charge in [-0.1, -0.05) is 12.2 Å². The summed E-state index contributed by atoms with van der Waals surface area (Å²) in [6.07, 6.45) is 8.95. The van der Waals surface area contributed by atoms with Gasteiger partial charge in [0.15, 0.2) is 5.54 Å². The van der Waals surface area contributed by atoms with Gasteiger partial charge in [0.05, 0.1) is 6.61 Å². The summed E-state index contributed by atoms with van der Waals surface area (Å²) in [6, 6.07) is 0. The number of hydrogen-bond acceptors (Lipinski definition) is 2. The van der Waals surface area contributed by atoms with Crippen molar-refractivity contribution >= 4 is 5.97 Å². The molecule has 0 amide bonds. The van der Waals surface area contributed by atoms with Crippen LogP contribution in [0.2, 0.25) is 0 Å². The van der Waals surface area contributed by atoms with Gasteiger partial charge in [-0.2, -0.15) is 0 Å². The molecule has 0 aromatic heterocycles. The van der Waals surface area contributed by atoms with E-state index >= 15 is 0 Å². The lowest BCUT2D eigenvalue weighted by Crippen LogP contribution is -2.77. The van der Waals surface area contributed by atoms with Crippen molar-refractivity contribution in [2.45, 2.75) is 51.0 Å². The van der Waals surface area contributed by atoms with Gasteiger partial charge in [-0.15, -0.1) is 13.2 Å². The molecular weight excluding hydrogens is 214 g/mol. The van der Waals surface area contributed by atoms with Crippen molar-refractivity contribution in [1.29, 1.82) is 0 Å². The van der Waals surface area contributed by atoms with E-state index in [2.05, 4.69) is 18.9 Å². The van der Waals surface area contributed by atoms with Gasteiger partial charge in [-0.25, -0.2) is 4.79 Å². The molecule has 0 saturated carbocycles. The first-order valence-electron chi connectivity index (χ1n) is 6.35. The van der Waals surface area contributed by atoms with Crippen molar-refractivity contribution in [2.24, 2.45) is 0 Å². The molecule has 0 atom stereocenters. The Morgan fingerprint density at radius 2 is 1.71 bits per heavy atom. The second-order valence-corrected chi connectivity index (χ2v) is 4.36. The molecule has 0 aromatic carbocycles. The van der Waals surface area contributed by atoms with Gasteiger partial charge in [0.1, 0.15) is 0 Å². The highest BCUT2D eigenvalue weighted by Gasteiger charge is 2.38. The highest BCUT2D eigenvalue weighted by molar-refractivity contribution is 5.78. The summed E-state index contributed by atoms with van der Waals surface area (Å²) in [5.41, 5.74) is 3.49. The summed E-state index contributed by atoms with van der Waals surface area (Å²) in [4.78, 5) is 11.9. The number of ether oxygens (including phenoxy) is 1. The number of quaternary nitrogens is 1. The molecule has 0 aliphatic carbocycles. The van der Waals surface area contributed by atoms with Crippen LogP contribution in [0.3, 0.4) is 0 Å². The summed E-state index contributed by atoms with van der Waals surface area (Å²) < 4.78 is 5.12. The molecule has 3 heteroatoms. The number of esters is 1. The average Bonchev–Trinajstić information content (AvgIpc) is 2.30. The smallest absolute Gasteiger partial charge is 0.367 e. The van der Waals surface area contributed by atoms with Crippen molar-refractivity contribution in [1.82, 2.24) is 0 Å². The number of hydrogen-bond donors (Lipinski definition) is 1. The molecule has 98 valence electrons. The largest absolute Gasteiger partial charge is 0.461 e. The van der Waals surface area contributed by atoms with Crippen LogP contribution in [0.5, 0.6) is 0 Å². The molecule has 0 heterocycles. The predicted octanol–water partition coefficient (Wildman–Crippen LogP) is 2.24. The molecular formula is C14H26NO2+. The quantitative estimate of drug-likeness (QED) is 0.362. The second kappa shape index (κ2) is 8.99. The molecule has 0 fully saturated rings. The third kappa shape index (κ3) is 6.27. The van der Waals surface area contributed by atoms with Crippen molar-refractivity contribution in [3.05, 3.63) is 25.3 Å². The van der Waals surface area contributed by atoms with Crippen LogP contribution in [0.4, 0.5) is 0 Å². The van der Waals surface area contributed by atoms with Crippen molar-refractivity contribution in [2.75, 3.05) is 6.61 Å². The van der Waals surface area contributed by atoms with Crippen LogP contribution in [0, 0.1) is 0 Å². The first-order chi connectivity index (χ1) is 8.10. The Bertz CT molecular complexity index is 235. The van der Waals surface area contributed by atoms with Crippen molar-refractivity contribution < 1.29 is 15.3 Å². The van der Waals surface area contributed by atoms with Gasteiger partial charge in [0.25, 0.3) is 0 Å². The lowest BCUT2D eigenvalue weighted by atomic mass is 9.88. The fourth-order valence-corrected chi connectivity index (χ4v) is 1.78. The zero-order chi connectivity index (χ0) is 13.1. The summed E-state index contributed by atoms with van der Waals surface area (Å²) in [6.45, 7) is 9.61. The van der Waals surface area contributed by atoms with Crippen LogP contribution in [0.15, 0.2) is 25.3 Å². The third-order valence-electron chi connectivity index (χ3n) is 2.84. The van der Waals surface area contributed by atoms with Gasteiger partial charge >= 0.3 is 5.97 Å². The Balaban J connectivity index is 4.37. The minimum atomic E-state index is -0.595. The maximum absolute atomic E-state index is 11.9. The zero-order valence-electron chi connectivity index (χ0n) is 11.0. The van der Waals surface area contributed by atoms with Crippen LogP contribution >= 0.6 is 0 Å². The van der Waals surface area contributed by atoms with E-state index in [1.165, 1.54) is 0 Å². The molecule has 0 aromatic rings. The monoisotopic (exact) mass is 240 g/mol. The number of rotatable bonds is 10. The van der Waals surface area contributed by atoms with Crippen LogP contribution in [0.25, 0.3) is 0 Å². The standard InChI is InChI=1S/C14H25NO2/c1-4-7-9-11-14(15,12-10-8-5-2)13(16)17-6-3/h4-5H,1-2,6-12,15H2,3H3/p+1. The fourth-order valence-electron chi connectivity index (χ4n) is 1.78. The third-order valence-corrected chi connectivity index (χ3v) is 2.84. The van der Waals surface area contributed by atoms with E-state index in [1.54, 1.807) is 0 Å². The zero-order valence-corrected chi connectivity index (χ0v) is 11.0. The summed E-state index contributed by atoms with van der Waals surface area (Å²) in [7, 11) is 0. The highest BCUT2D eigenvalue weighted by Crippen LogP contribution is 2.19. The topological polar surface area (TPSA) is 53.9 Å². The predicted molar refractivity (Wildman–Crippen MR) is 70.3 cm³/mol. The molecule has 0 bridgehead atoms. The number of allylic oxidation sites excluding steroid dienone is 2. The van der Waals surface area contributed by atoms with Gasteiger partial charge in [0, 0.05) is 12.8 Å². The maximum atomic E-state index is 11.9. The van der Waals surface area contributed by atoms with Crippen molar-refractivity contribution in [3.8, 4) is 0 Å². The summed E-state index contributed by atoms with van der Waals surface area (Å²) >= 11 is 0. The van der Waals surface area contributed by atoms with E-state index in [1.807, 2.05) is 19.1 Å². The lowest BCUT2D eigenvalue weighted by Gasteiger charge is -2.23. The molecule has 0 aliphatic rings. The van der Waals surface area contributed by atoms with E-state index in [-0.39, 0.29) is 5.97 Å². The molecule has 0 rings (SSSR count). The molecule has 0 aliphatic heterocycles. The van der Waals surface area contributed by atoms with E-state index in [0.29, 0.717) is 6.61 Å². The summed E-state index contributed by atoms with van der Waals surface area (Å²) in [5, 5.41) is 0. The minimum Gasteiger partial charge on any atom is -0.461 e. The lowest BCUT2D eigenvalue weighted by molar-refractivity contribution is -0.466.